The number of pyridine rings is 1. The van der Waals surface area contributed by atoms with Gasteiger partial charge in [-0.15, -0.1) is 11.3 Å². The van der Waals surface area contributed by atoms with E-state index < -0.39 is 27.9 Å². The van der Waals surface area contributed by atoms with Crippen molar-refractivity contribution in [1.82, 2.24) is 9.29 Å². The van der Waals surface area contributed by atoms with Gasteiger partial charge in [0.1, 0.15) is 15.6 Å². The van der Waals surface area contributed by atoms with Crippen molar-refractivity contribution in [1.29, 1.82) is 0 Å². The molecule has 1 amide bonds. The number of carboxylic acids is 1. The molecule has 0 radical (unpaired) electrons. The minimum absolute atomic E-state index is 0.0303. The number of nitrogens with zero attached hydrogens (tertiary/aromatic N) is 4. The van der Waals surface area contributed by atoms with E-state index in [0.717, 1.165) is 62.0 Å². The fraction of sp³-hybridized carbons (Fsp3) is 0.452. The number of carboxylic acid groups (broad SMARTS) is 1. The van der Waals surface area contributed by atoms with Crippen molar-refractivity contribution in [2.75, 3.05) is 49.2 Å². The Balaban J connectivity index is 1.32. The molecule has 3 aromatic rings. The monoisotopic (exact) mass is 658 g/mol. The molecule has 6 rings (SSSR count). The third-order valence-corrected chi connectivity index (χ3v) is 11.9. The minimum atomic E-state index is -4.04. The number of halogens is 1. The van der Waals surface area contributed by atoms with Gasteiger partial charge >= 0.3 is 5.97 Å². The number of thiophene rings is 1. The lowest BCUT2D eigenvalue weighted by Gasteiger charge is -2.44. The molecule has 2 aliphatic heterocycles. The first-order valence-corrected chi connectivity index (χ1v) is 17.6. The van der Waals surface area contributed by atoms with Gasteiger partial charge in [0.2, 0.25) is 15.9 Å². The van der Waals surface area contributed by atoms with Crippen molar-refractivity contribution >= 4 is 56.3 Å². The average Bonchev–Trinajstić information content (AvgIpc) is 3.29. The number of hydrogen-bond acceptors (Lipinski definition) is 8. The summed E-state index contributed by atoms with van der Waals surface area (Å²) in [6, 6.07) is 11.6. The van der Waals surface area contributed by atoms with Crippen LogP contribution in [0.2, 0.25) is 5.02 Å². The van der Waals surface area contributed by atoms with Gasteiger partial charge in [-0.2, -0.15) is 4.31 Å². The average molecular weight is 659 g/mol. The van der Waals surface area contributed by atoms with Crippen LogP contribution in [0.3, 0.4) is 0 Å². The van der Waals surface area contributed by atoms with Crippen LogP contribution in [0.5, 0.6) is 0 Å². The zero-order valence-corrected chi connectivity index (χ0v) is 26.6. The lowest BCUT2D eigenvalue weighted by molar-refractivity contribution is -0.121. The van der Waals surface area contributed by atoms with Crippen LogP contribution in [0.15, 0.2) is 53.6 Å². The van der Waals surface area contributed by atoms with Crippen molar-refractivity contribution in [3.05, 3.63) is 58.6 Å². The highest BCUT2D eigenvalue weighted by Gasteiger charge is 2.44. The Morgan fingerprint density at radius 3 is 2.50 bits per heavy atom. The second kappa shape index (κ2) is 13.1. The highest BCUT2D eigenvalue weighted by Crippen LogP contribution is 2.42. The second-order valence-electron chi connectivity index (χ2n) is 11.5. The molecule has 0 unspecified atom stereocenters. The zero-order chi connectivity index (χ0) is 30.8. The lowest BCUT2D eigenvalue weighted by Crippen LogP contribution is -2.60. The van der Waals surface area contributed by atoms with Gasteiger partial charge in [-0.05, 0) is 61.1 Å². The molecule has 0 bridgehead atoms. The standard InChI is InChI=1S/C31H35ClN4O6S2/c32-23-9-7-22(8-10-23)27-17-25(30(43-27)31(38)39)36-26(21-5-2-1-3-6-21)19-35(20-29(36)37)44(40,41)24-11-12-28(33-18-24)34-13-4-15-42-16-14-34/h7-12,17-18,21,26H,1-6,13-16,19-20H2,(H,38,39)/t26-/m0/s1. The molecule has 3 fully saturated rings. The zero-order valence-electron chi connectivity index (χ0n) is 24.2. The number of ether oxygens (including phenoxy) is 1. The molecule has 44 heavy (non-hydrogen) atoms. The van der Waals surface area contributed by atoms with Gasteiger partial charge in [-0.1, -0.05) is 43.0 Å². The van der Waals surface area contributed by atoms with E-state index in [1.54, 1.807) is 35.2 Å². The van der Waals surface area contributed by atoms with Crippen molar-refractivity contribution < 1.29 is 27.9 Å². The third kappa shape index (κ3) is 6.36. The van der Waals surface area contributed by atoms with Crippen molar-refractivity contribution in [3.8, 4) is 10.4 Å². The number of piperazine rings is 1. The third-order valence-electron chi connectivity index (χ3n) is 8.70. The Kier molecular flexibility index (Phi) is 9.25. The number of rotatable bonds is 7. The predicted molar refractivity (Wildman–Crippen MR) is 170 cm³/mol. The first kappa shape index (κ1) is 31.0. The summed E-state index contributed by atoms with van der Waals surface area (Å²) in [7, 11) is -4.04. The van der Waals surface area contributed by atoms with Gasteiger partial charge < -0.3 is 19.6 Å². The van der Waals surface area contributed by atoms with E-state index in [4.69, 9.17) is 16.3 Å². The Bertz CT molecular complexity index is 1600. The summed E-state index contributed by atoms with van der Waals surface area (Å²) >= 11 is 7.17. The summed E-state index contributed by atoms with van der Waals surface area (Å²) in [5.41, 5.74) is 1.11. The fourth-order valence-electron chi connectivity index (χ4n) is 6.45. The number of sulfonamides is 1. The van der Waals surface area contributed by atoms with E-state index >= 15 is 0 Å². The molecule has 3 aliphatic rings. The summed E-state index contributed by atoms with van der Waals surface area (Å²) in [6.07, 6.45) is 6.96. The fourth-order valence-corrected chi connectivity index (χ4v) is 8.92. The van der Waals surface area contributed by atoms with Gasteiger partial charge in [0, 0.05) is 42.3 Å². The molecule has 10 nitrogen and oxygen atoms in total. The summed E-state index contributed by atoms with van der Waals surface area (Å²) < 4.78 is 34.6. The number of anilines is 2. The Labute approximate surface area is 266 Å². The van der Waals surface area contributed by atoms with Crippen LogP contribution in [-0.4, -0.2) is 80.1 Å². The molecule has 1 saturated carbocycles. The highest BCUT2D eigenvalue weighted by molar-refractivity contribution is 7.89. The molecule has 13 heteroatoms. The van der Waals surface area contributed by atoms with E-state index in [9.17, 15) is 23.1 Å². The first-order valence-electron chi connectivity index (χ1n) is 15.0. The number of hydrogen-bond donors (Lipinski definition) is 1. The molecule has 2 aromatic heterocycles. The molecular weight excluding hydrogens is 624 g/mol. The number of amides is 1. The van der Waals surface area contributed by atoms with Crippen molar-refractivity contribution in [2.24, 2.45) is 5.92 Å². The first-order chi connectivity index (χ1) is 21.2. The van der Waals surface area contributed by atoms with E-state index in [1.807, 2.05) is 12.1 Å². The van der Waals surface area contributed by atoms with Crippen LogP contribution in [-0.2, 0) is 19.6 Å². The van der Waals surface area contributed by atoms with Gasteiger partial charge in [-0.3, -0.25) is 4.79 Å². The van der Waals surface area contributed by atoms with Gasteiger partial charge in [0.05, 0.1) is 24.9 Å². The smallest absolute Gasteiger partial charge is 0.348 e. The van der Waals surface area contributed by atoms with Crippen LogP contribution < -0.4 is 9.80 Å². The number of benzene rings is 1. The number of carbonyl (C=O) groups is 2. The Morgan fingerprint density at radius 2 is 1.80 bits per heavy atom. The van der Waals surface area contributed by atoms with Crippen molar-refractivity contribution in [2.45, 2.75) is 49.5 Å². The van der Waals surface area contributed by atoms with Crippen molar-refractivity contribution in [3.63, 3.8) is 0 Å². The molecule has 1 aliphatic carbocycles. The molecule has 1 aromatic carbocycles. The normalized spacial score (nSPS) is 20.9. The minimum Gasteiger partial charge on any atom is -0.477 e. The Morgan fingerprint density at radius 1 is 1.02 bits per heavy atom. The molecular formula is C31H35ClN4O6S2. The van der Waals surface area contributed by atoms with Crippen LogP contribution >= 0.6 is 22.9 Å². The number of aromatic carboxylic acids is 1. The van der Waals surface area contributed by atoms with E-state index in [2.05, 4.69) is 9.88 Å². The molecule has 1 N–H and O–H groups in total. The maximum absolute atomic E-state index is 14.0. The topological polar surface area (TPSA) is 120 Å². The molecule has 234 valence electrons. The van der Waals surface area contributed by atoms with E-state index in [1.165, 1.54) is 10.5 Å². The highest BCUT2D eigenvalue weighted by atomic mass is 35.5. The Hall–Kier alpha value is -3.03. The largest absolute Gasteiger partial charge is 0.477 e. The van der Waals surface area contributed by atoms with Gasteiger partial charge in [0.15, 0.2) is 0 Å². The van der Waals surface area contributed by atoms with Crippen LogP contribution in [0, 0.1) is 5.92 Å². The SMILES string of the molecule is O=C(O)c1sc(-c2ccc(Cl)cc2)cc1N1C(=O)CN(S(=O)(=O)c2ccc(N3CCCOCC3)nc2)C[C@H]1C1CCCCC1. The molecule has 2 saturated heterocycles. The summed E-state index contributed by atoms with van der Waals surface area (Å²) in [5.74, 6) is -0.840. The summed E-state index contributed by atoms with van der Waals surface area (Å²) in [6.45, 7) is 2.42. The van der Waals surface area contributed by atoms with E-state index in [-0.39, 0.29) is 28.8 Å². The van der Waals surface area contributed by atoms with Gasteiger partial charge in [0.25, 0.3) is 0 Å². The summed E-state index contributed by atoms with van der Waals surface area (Å²) in [5, 5.41) is 10.7. The maximum Gasteiger partial charge on any atom is 0.348 e. The van der Waals surface area contributed by atoms with Crippen LogP contribution in [0.4, 0.5) is 11.5 Å². The van der Waals surface area contributed by atoms with Crippen LogP contribution in [0.1, 0.15) is 48.2 Å². The predicted octanol–water partition coefficient (Wildman–Crippen LogP) is 5.37. The maximum atomic E-state index is 14.0. The second-order valence-corrected chi connectivity index (χ2v) is 14.9. The summed E-state index contributed by atoms with van der Waals surface area (Å²) in [4.78, 5) is 35.3. The number of carbonyl (C=O) groups excluding carboxylic acids is 1. The van der Waals surface area contributed by atoms with E-state index in [0.29, 0.717) is 41.2 Å². The molecule has 4 heterocycles. The molecule has 1 atom stereocenters. The van der Waals surface area contributed by atoms with Crippen LogP contribution in [0.25, 0.3) is 10.4 Å². The number of aromatic nitrogens is 1. The van der Waals surface area contributed by atoms with Gasteiger partial charge in [-0.25, -0.2) is 18.2 Å². The lowest BCUT2D eigenvalue weighted by atomic mass is 9.82. The quantitative estimate of drug-likeness (QED) is 0.360. The molecule has 0 spiro atoms.